The molecule has 0 atom stereocenters. The maximum atomic E-state index is 12.1. The van der Waals surface area contributed by atoms with Gasteiger partial charge in [0.25, 0.3) is 0 Å². The number of anilines is 2. The number of rotatable bonds is 6. The van der Waals surface area contributed by atoms with Gasteiger partial charge in [-0.3, -0.25) is 15.1 Å². The number of aryl methyl sites for hydroxylation is 1. The van der Waals surface area contributed by atoms with Gasteiger partial charge in [-0.25, -0.2) is 4.98 Å². The maximum absolute atomic E-state index is 12.1. The van der Waals surface area contributed by atoms with Crippen molar-refractivity contribution in [1.29, 1.82) is 0 Å². The van der Waals surface area contributed by atoms with Crippen LogP contribution in [0.15, 0.2) is 65.5 Å². The first kappa shape index (κ1) is 20.7. The highest BCUT2D eigenvalue weighted by Crippen LogP contribution is 2.40. The molecule has 0 saturated carbocycles. The number of aromatic nitrogens is 3. The van der Waals surface area contributed by atoms with Crippen LogP contribution in [-0.2, 0) is 0 Å². The van der Waals surface area contributed by atoms with E-state index >= 15 is 0 Å². The Balaban J connectivity index is 1.84. The van der Waals surface area contributed by atoms with Crippen molar-refractivity contribution in [2.45, 2.75) is 13.8 Å². The van der Waals surface area contributed by atoms with Crippen LogP contribution in [0.3, 0.4) is 0 Å². The highest BCUT2D eigenvalue weighted by Gasteiger charge is 2.29. The summed E-state index contributed by atoms with van der Waals surface area (Å²) in [5.74, 6) is 0.387. The van der Waals surface area contributed by atoms with Gasteiger partial charge in [-0.15, -0.1) is 0 Å². The SMILES string of the molecule is CCN(c1cccc(C)c1)c1ncnc(Oc2ccc(Br)c3cccnc23)c1[N+](=O)[O-]. The zero-order valence-corrected chi connectivity index (χ0v) is 18.4. The third-order valence-corrected chi connectivity index (χ3v) is 5.41. The van der Waals surface area contributed by atoms with Crippen molar-refractivity contribution in [3.05, 3.63) is 81.2 Å². The Bertz CT molecular complexity index is 1280. The van der Waals surface area contributed by atoms with Crippen molar-refractivity contribution in [3.8, 4) is 11.6 Å². The minimum absolute atomic E-state index is 0.143. The van der Waals surface area contributed by atoms with E-state index in [1.807, 2.05) is 50.2 Å². The topological polar surface area (TPSA) is 94.3 Å². The standard InChI is InChI=1S/C22H18BrN5O3/c1-3-27(15-7-4-6-14(2)12-15)21-20(28(29)30)22(26-13-25-21)31-18-10-9-17(23)16-8-5-11-24-19(16)18/h4-13H,3H2,1-2H3. The second-order valence-electron chi connectivity index (χ2n) is 6.74. The van der Waals surface area contributed by atoms with Crippen LogP contribution in [0.25, 0.3) is 10.9 Å². The fourth-order valence-electron chi connectivity index (χ4n) is 3.33. The Morgan fingerprint density at radius 1 is 1.13 bits per heavy atom. The average molecular weight is 480 g/mol. The van der Waals surface area contributed by atoms with Crippen LogP contribution >= 0.6 is 15.9 Å². The van der Waals surface area contributed by atoms with Gasteiger partial charge in [-0.2, -0.15) is 4.98 Å². The molecule has 0 aliphatic rings. The molecule has 4 rings (SSSR count). The molecule has 31 heavy (non-hydrogen) atoms. The van der Waals surface area contributed by atoms with E-state index < -0.39 is 4.92 Å². The van der Waals surface area contributed by atoms with E-state index in [2.05, 4.69) is 30.9 Å². The summed E-state index contributed by atoms with van der Waals surface area (Å²) in [5, 5.41) is 12.9. The molecule has 0 saturated heterocycles. The van der Waals surface area contributed by atoms with Crippen molar-refractivity contribution in [2.75, 3.05) is 11.4 Å². The minimum atomic E-state index is -0.516. The predicted octanol–water partition coefficient (Wildman–Crippen LogP) is 5.95. The van der Waals surface area contributed by atoms with Crippen LogP contribution in [0.5, 0.6) is 11.6 Å². The lowest BCUT2D eigenvalue weighted by Crippen LogP contribution is -2.19. The first-order valence-electron chi connectivity index (χ1n) is 9.54. The van der Waals surface area contributed by atoms with E-state index in [-0.39, 0.29) is 17.4 Å². The lowest BCUT2D eigenvalue weighted by atomic mass is 10.2. The van der Waals surface area contributed by atoms with Gasteiger partial charge in [0.2, 0.25) is 5.82 Å². The lowest BCUT2D eigenvalue weighted by molar-refractivity contribution is -0.385. The molecule has 8 nitrogen and oxygen atoms in total. The zero-order valence-electron chi connectivity index (χ0n) is 16.8. The molecule has 0 amide bonds. The van der Waals surface area contributed by atoms with Crippen molar-refractivity contribution in [2.24, 2.45) is 0 Å². The Morgan fingerprint density at radius 2 is 1.97 bits per heavy atom. The number of nitrogens with zero attached hydrogens (tertiary/aromatic N) is 5. The van der Waals surface area contributed by atoms with Crippen molar-refractivity contribution in [3.63, 3.8) is 0 Å². The largest absolute Gasteiger partial charge is 0.431 e. The molecule has 0 aliphatic carbocycles. The van der Waals surface area contributed by atoms with Gasteiger partial charge >= 0.3 is 11.6 Å². The zero-order chi connectivity index (χ0) is 22.0. The molecule has 0 unspecified atom stereocenters. The molecular weight excluding hydrogens is 462 g/mol. The van der Waals surface area contributed by atoms with Gasteiger partial charge in [0.15, 0.2) is 5.75 Å². The summed E-state index contributed by atoms with van der Waals surface area (Å²) in [7, 11) is 0. The highest BCUT2D eigenvalue weighted by molar-refractivity contribution is 9.10. The molecule has 2 aromatic carbocycles. The number of hydrogen-bond donors (Lipinski definition) is 0. The summed E-state index contributed by atoms with van der Waals surface area (Å²) in [5.41, 5.74) is 2.10. The average Bonchev–Trinajstić information content (AvgIpc) is 2.76. The second-order valence-corrected chi connectivity index (χ2v) is 7.59. The van der Waals surface area contributed by atoms with Crippen LogP contribution in [0, 0.1) is 17.0 Å². The fourth-order valence-corrected chi connectivity index (χ4v) is 3.79. The first-order valence-corrected chi connectivity index (χ1v) is 10.3. The monoisotopic (exact) mass is 479 g/mol. The Morgan fingerprint density at radius 3 is 2.71 bits per heavy atom. The van der Waals surface area contributed by atoms with Crippen LogP contribution in [0.4, 0.5) is 17.2 Å². The first-order chi connectivity index (χ1) is 15.0. The molecule has 0 radical (unpaired) electrons. The summed E-state index contributed by atoms with van der Waals surface area (Å²) in [6.45, 7) is 4.34. The van der Waals surface area contributed by atoms with Gasteiger partial charge < -0.3 is 9.64 Å². The van der Waals surface area contributed by atoms with E-state index in [1.165, 1.54) is 6.33 Å². The predicted molar refractivity (Wildman–Crippen MR) is 122 cm³/mol. The number of fused-ring (bicyclic) bond motifs is 1. The van der Waals surface area contributed by atoms with Crippen LogP contribution in [-0.4, -0.2) is 26.4 Å². The minimum Gasteiger partial charge on any atom is -0.431 e. The summed E-state index contributed by atoms with van der Waals surface area (Å²) in [4.78, 5) is 26.0. The quantitative estimate of drug-likeness (QED) is 0.249. The molecular formula is C22H18BrN5O3. The summed E-state index contributed by atoms with van der Waals surface area (Å²) in [6.07, 6.45) is 2.91. The normalized spacial score (nSPS) is 10.8. The Kier molecular flexibility index (Phi) is 5.77. The Hall–Kier alpha value is -3.59. The van der Waals surface area contributed by atoms with Crippen molar-refractivity contribution in [1.82, 2.24) is 15.0 Å². The van der Waals surface area contributed by atoms with Gasteiger partial charge in [0.1, 0.15) is 11.8 Å². The molecule has 4 aromatic rings. The Labute approximate surface area is 186 Å². The maximum Gasteiger partial charge on any atom is 0.373 e. The van der Waals surface area contributed by atoms with Crippen molar-refractivity contribution < 1.29 is 9.66 Å². The van der Waals surface area contributed by atoms with Gasteiger partial charge in [-0.1, -0.05) is 34.1 Å². The summed E-state index contributed by atoms with van der Waals surface area (Å²) in [6, 6.07) is 14.9. The molecule has 0 spiro atoms. The second kappa shape index (κ2) is 8.65. The fraction of sp³-hybridized carbons (Fsp3) is 0.136. The van der Waals surface area contributed by atoms with E-state index in [1.54, 1.807) is 23.2 Å². The third-order valence-electron chi connectivity index (χ3n) is 4.72. The van der Waals surface area contributed by atoms with E-state index in [0.717, 1.165) is 21.1 Å². The molecule has 0 fully saturated rings. The summed E-state index contributed by atoms with van der Waals surface area (Å²) >= 11 is 3.49. The molecule has 2 heterocycles. The molecule has 9 heteroatoms. The van der Waals surface area contributed by atoms with Crippen LogP contribution < -0.4 is 9.64 Å². The lowest BCUT2D eigenvalue weighted by Gasteiger charge is -2.22. The molecule has 0 aliphatic heterocycles. The number of halogens is 1. The number of ether oxygens (including phenoxy) is 1. The van der Waals surface area contributed by atoms with Gasteiger partial charge in [0.05, 0.1) is 4.92 Å². The van der Waals surface area contributed by atoms with Crippen LogP contribution in [0.1, 0.15) is 12.5 Å². The number of nitro groups is 1. The van der Waals surface area contributed by atoms with E-state index in [0.29, 0.717) is 17.8 Å². The van der Waals surface area contributed by atoms with E-state index in [4.69, 9.17) is 4.74 Å². The van der Waals surface area contributed by atoms with Gasteiger partial charge in [-0.05, 0) is 49.7 Å². The number of benzene rings is 2. The molecule has 2 aromatic heterocycles. The van der Waals surface area contributed by atoms with Crippen LogP contribution in [0.2, 0.25) is 0 Å². The third kappa shape index (κ3) is 4.04. The number of pyridine rings is 1. The summed E-state index contributed by atoms with van der Waals surface area (Å²) < 4.78 is 6.78. The highest BCUT2D eigenvalue weighted by atomic mass is 79.9. The molecule has 0 N–H and O–H groups in total. The van der Waals surface area contributed by atoms with Crippen molar-refractivity contribution >= 4 is 44.0 Å². The smallest absolute Gasteiger partial charge is 0.373 e. The van der Waals surface area contributed by atoms with E-state index in [9.17, 15) is 10.1 Å². The molecule has 156 valence electrons. The molecule has 0 bridgehead atoms. The number of hydrogen-bond acceptors (Lipinski definition) is 7. The van der Waals surface area contributed by atoms with Gasteiger partial charge in [0, 0.05) is 28.3 Å².